The van der Waals surface area contributed by atoms with Crippen molar-refractivity contribution >= 4 is 5.82 Å². The van der Waals surface area contributed by atoms with Crippen LogP contribution in [0.1, 0.15) is 56.7 Å². The minimum absolute atomic E-state index is 0.445. The number of nitrogens with zero attached hydrogens (tertiary/aromatic N) is 3. The van der Waals surface area contributed by atoms with Gasteiger partial charge in [0.15, 0.2) is 0 Å². The summed E-state index contributed by atoms with van der Waals surface area (Å²) in [5.41, 5.74) is 7.55. The maximum absolute atomic E-state index is 9.22. The van der Waals surface area contributed by atoms with Crippen LogP contribution >= 0.6 is 0 Å². The summed E-state index contributed by atoms with van der Waals surface area (Å²) in [6.07, 6.45) is 4.78. The zero-order valence-electron chi connectivity index (χ0n) is 10.6. The van der Waals surface area contributed by atoms with Gasteiger partial charge >= 0.3 is 0 Å². The fourth-order valence-corrected chi connectivity index (χ4v) is 2.58. The van der Waals surface area contributed by atoms with E-state index in [2.05, 4.69) is 25.0 Å². The number of hydrogen-bond donors (Lipinski definition) is 1. The van der Waals surface area contributed by atoms with E-state index in [1.807, 2.05) is 0 Å². The molecule has 2 N–H and O–H groups in total. The molecule has 1 aromatic rings. The molecular formula is C13H20N4. The quantitative estimate of drug-likeness (QED) is 0.871. The number of nitrogen functional groups attached to an aromatic ring is 1. The molecule has 17 heavy (non-hydrogen) atoms. The van der Waals surface area contributed by atoms with Crippen molar-refractivity contribution in [3.63, 3.8) is 0 Å². The van der Waals surface area contributed by atoms with Gasteiger partial charge in [0.1, 0.15) is 17.5 Å². The van der Waals surface area contributed by atoms with Gasteiger partial charge in [0.25, 0.3) is 0 Å². The molecule has 92 valence electrons. The van der Waals surface area contributed by atoms with Gasteiger partial charge in [0.05, 0.1) is 5.69 Å². The Kier molecular flexibility index (Phi) is 3.37. The lowest BCUT2D eigenvalue weighted by Crippen LogP contribution is -2.09. The number of nitriles is 1. The van der Waals surface area contributed by atoms with Gasteiger partial charge < -0.3 is 5.73 Å². The van der Waals surface area contributed by atoms with E-state index >= 15 is 0 Å². The number of anilines is 1. The largest absolute Gasteiger partial charge is 0.383 e. The summed E-state index contributed by atoms with van der Waals surface area (Å²) in [5, 5.41) is 13.8. The van der Waals surface area contributed by atoms with Gasteiger partial charge in [-0.05, 0) is 18.8 Å². The van der Waals surface area contributed by atoms with Crippen LogP contribution in [-0.2, 0) is 6.54 Å². The first-order chi connectivity index (χ1) is 8.13. The van der Waals surface area contributed by atoms with Crippen molar-refractivity contribution in [2.45, 2.75) is 52.0 Å². The van der Waals surface area contributed by atoms with Crippen LogP contribution in [0.4, 0.5) is 5.82 Å². The van der Waals surface area contributed by atoms with Crippen LogP contribution in [0.5, 0.6) is 0 Å². The summed E-state index contributed by atoms with van der Waals surface area (Å²) in [7, 11) is 0. The van der Waals surface area contributed by atoms with Gasteiger partial charge in [0.2, 0.25) is 0 Å². The number of rotatable bonds is 3. The maximum Gasteiger partial charge on any atom is 0.140 e. The molecule has 1 aliphatic carbocycles. The summed E-state index contributed by atoms with van der Waals surface area (Å²) in [4.78, 5) is 0. The highest BCUT2D eigenvalue weighted by molar-refractivity contribution is 5.53. The van der Waals surface area contributed by atoms with Crippen molar-refractivity contribution in [1.29, 1.82) is 5.26 Å². The van der Waals surface area contributed by atoms with Crippen LogP contribution in [0.15, 0.2) is 0 Å². The number of hydrogen-bond acceptors (Lipinski definition) is 3. The Morgan fingerprint density at radius 2 is 2.12 bits per heavy atom. The molecule has 0 spiro atoms. The second-order valence-electron chi connectivity index (χ2n) is 5.31. The van der Waals surface area contributed by atoms with Gasteiger partial charge in [-0.3, -0.25) is 0 Å². The molecule has 1 aliphatic rings. The van der Waals surface area contributed by atoms with Crippen LogP contribution in [0.3, 0.4) is 0 Å². The maximum atomic E-state index is 9.22. The molecule has 4 nitrogen and oxygen atoms in total. The van der Waals surface area contributed by atoms with E-state index in [4.69, 9.17) is 5.73 Å². The Bertz CT molecular complexity index is 433. The van der Waals surface area contributed by atoms with Crippen LogP contribution in [0.25, 0.3) is 0 Å². The van der Waals surface area contributed by atoms with Crippen molar-refractivity contribution in [3.8, 4) is 6.07 Å². The van der Waals surface area contributed by atoms with Crippen LogP contribution < -0.4 is 5.73 Å². The molecule has 0 aromatic carbocycles. The number of nitrogens with two attached hydrogens (primary N) is 1. The molecule has 0 unspecified atom stereocenters. The zero-order chi connectivity index (χ0) is 12.4. The highest BCUT2D eigenvalue weighted by atomic mass is 15.3. The fraction of sp³-hybridized carbons (Fsp3) is 0.692. The molecule has 2 rings (SSSR count). The predicted octanol–water partition coefficient (Wildman–Crippen LogP) is 2.65. The Morgan fingerprint density at radius 1 is 1.47 bits per heavy atom. The first kappa shape index (κ1) is 12.0. The minimum atomic E-state index is 0.445. The number of aromatic nitrogens is 2. The summed E-state index contributed by atoms with van der Waals surface area (Å²) < 4.78 is 1.80. The molecule has 4 heteroatoms. The minimum Gasteiger partial charge on any atom is -0.383 e. The Labute approximate surface area is 102 Å². The molecule has 1 heterocycles. The first-order valence-electron chi connectivity index (χ1n) is 6.39. The van der Waals surface area contributed by atoms with E-state index in [-0.39, 0.29) is 0 Å². The second-order valence-corrected chi connectivity index (χ2v) is 5.31. The van der Waals surface area contributed by atoms with Gasteiger partial charge in [-0.1, -0.05) is 26.7 Å². The smallest absolute Gasteiger partial charge is 0.140 e. The summed E-state index contributed by atoms with van der Waals surface area (Å²) in [6, 6.07) is 2.23. The lowest BCUT2D eigenvalue weighted by molar-refractivity contribution is 0.481. The van der Waals surface area contributed by atoms with E-state index in [0.29, 0.717) is 23.2 Å². The molecule has 1 saturated carbocycles. The first-order valence-corrected chi connectivity index (χ1v) is 6.39. The van der Waals surface area contributed by atoms with Gasteiger partial charge in [-0.25, -0.2) is 4.68 Å². The van der Waals surface area contributed by atoms with Crippen molar-refractivity contribution in [1.82, 2.24) is 9.78 Å². The zero-order valence-corrected chi connectivity index (χ0v) is 10.6. The molecule has 0 radical (unpaired) electrons. The van der Waals surface area contributed by atoms with E-state index < -0.39 is 0 Å². The third kappa shape index (κ3) is 2.28. The summed E-state index contributed by atoms with van der Waals surface area (Å²) in [6.45, 7) is 5.04. The highest BCUT2D eigenvalue weighted by Crippen LogP contribution is 2.36. The second kappa shape index (κ2) is 4.79. The van der Waals surface area contributed by atoms with Crippen LogP contribution in [0.2, 0.25) is 0 Å². The molecule has 0 bridgehead atoms. The van der Waals surface area contributed by atoms with E-state index in [0.717, 1.165) is 25.1 Å². The average Bonchev–Trinajstić information content (AvgIpc) is 2.87. The van der Waals surface area contributed by atoms with Crippen LogP contribution in [0, 0.1) is 17.2 Å². The van der Waals surface area contributed by atoms with E-state index in [1.165, 1.54) is 12.8 Å². The van der Waals surface area contributed by atoms with E-state index in [1.54, 1.807) is 4.68 Å². The van der Waals surface area contributed by atoms with Gasteiger partial charge in [0, 0.05) is 12.5 Å². The van der Waals surface area contributed by atoms with Crippen molar-refractivity contribution in [2.24, 2.45) is 5.92 Å². The standard InChI is InChI=1S/C13H20N4/c1-9(2)8-17-13(15)11(7-14)12(16-17)10-5-3-4-6-10/h9-10H,3-6,8,15H2,1-2H3. The third-order valence-electron chi connectivity index (χ3n) is 3.41. The lowest BCUT2D eigenvalue weighted by Gasteiger charge is -2.07. The molecule has 0 atom stereocenters. The highest BCUT2D eigenvalue weighted by Gasteiger charge is 2.26. The van der Waals surface area contributed by atoms with Crippen molar-refractivity contribution in [2.75, 3.05) is 5.73 Å². The average molecular weight is 232 g/mol. The van der Waals surface area contributed by atoms with Crippen molar-refractivity contribution < 1.29 is 0 Å². The molecule has 0 saturated heterocycles. The predicted molar refractivity (Wildman–Crippen MR) is 67.4 cm³/mol. The van der Waals surface area contributed by atoms with E-state index in [9.17, 15) is 5.26 Å². The molecule has 1 fully saturated rings. The lowest BCUT2D eigenvalue weighted by atomic mass is 10.0. The van der Waals surface area contributed by atoms with Gasteiger partial charge in [-0.15, -0.1) is 0 Å². The SMILES string of the molecule is CC(C)Cn1nc(C2CCCC2)c(C#N)c1N. The fourth-order valence-electron chi connectivity index (χ4n) is 2.58. The molecule has 0 amide bonds. The third-order valence-corrected chi connectivity index (χ3v) is 3.41. The van der Waals surface area contributed by atoms with Crippen LogP contribution in [-0.4, -0.2) is 9.78 Å². The normalized spacial score (nSPS) is 16.6. The molecular weight excluding hydrogens is 212 g/mol. The topological polar surface area (TPSA) is 67.6 Å². The molecule has 1 aromatic heterocycles. The molecule has 0 aliphatic heterocycles. The monoisotopic (exact) mass is 232 g/mol. The van der Waals surface area contributed by atoms with Crippen molar-refractivity contribution in [3.05, 3.63) is 11.3 Å². The Hall–Kier alpha value is -1.50. The Balaban J connectivity index is 2.34. The summed E-state index contributed by atoms with van der Waals surface area (Å²) >= 11 is 0. The Morgan fingerprint density at radius 3 is 2.65 bits per heavy atom. The van der Waals surface area contributed by atoms with Gasteiger partial charge in [-0.2, -0.15) is 10.4 Å². The summed E-state index contributed by atoms with van der Waals surface area (Å²) in [5.74, 6) is 1.48.